The molecule has 2 fully saturated rings. The Hall–Kier alpha value is -3.45. The summed E-state index contributed by atoms with van der Waals surface area (Å²) >= 11 is 0. The SMILES string of the molecule is N[C@@]1(c2ncc(-c3ccc(OC(F)(F)F)cc3)o2)CCCCC1NC1CCCN(c2ccc(OC(F)(F)F)cc2)C1. The summed E-state index contributed by atoms with van der Waals surface area (Å²) in [6.07, 6.45) is -2.90. The second-order valence-electron chi connectivity index (χ2n) is 10.4. The molecule has 3 atom stereocenters. The molecule has 2 heterocycles. The van der Waals surface area contributed by atoms with Crippen LogP contribution in [-0.2, 0) is 5.54 Å². The number of aromatic nitrogens is 1. The number of oxazole rings is 1. The number of nitrogens with two attached hydrogens (primary N) is 1. The highest BCUT2D eigenvalue weighted by molar-refractivity contribution is 5.57. The standard InChI is InChI=1S/C28H30F6N4O3/c29-27(30,31)40-21-10-6-18(7-11-21)23-16-36-25(39-23)26(35)14-2-1-5-24(26)37-19-4-3-15-38(17-19)20-8-12-22(13-9-20)41-28(32,33)34/h6-13,16,19,24,37H,1-5,14-15,17,35H2/t19?,24?,26-/m0/s1. The molecule has 1 aromatic heterocycles. The van der Waals surface area contributed by atoms with Crippen molar-refractivity contribution in [3.8, 4) is 22.8 Å². The predicted octanol–water partition coefficient (Wildman–Crippen LogP) is 6.49. The highest BCUT2D eigenvalue weighted by Gasteiger charge is 2.44. The molecule has 1 aliphatic heterocycles. The van der Waals surface area contributed by atoms with Crippen molar-refractivity contribution in [3.63, 3.8) is 0 Å². The number of halogens is 6. The Balaban J connectivity index is 1.26. The van der Waals surface area contributed by atoms with Gasteiger partial charge in [-0.3, -0.25) is 0 Å². The molecule has 2 unspecified atom stereocenters. The minimum atomic E-state index is -4.78. The molecular formula is C28H30F6N4O3. The van der Waals surface area contributed by atoms with Gasteiger partial charge < -0.3 is 29.8 Å². The number of hydrogen-bond acceptors (Lipinski definition) is 7. The Bertz CT molecular complexity index is 1300. The van der Waals surface area contributed by atoms with E-state index in [4.69, 9.17) is 10.2 Å². The van der Waals surface area contributed by atoms with Crippen molar-refractivity contribution in [1.82, 2.24) is 10.3 Å². The molecule has 0 spiro atoms. The van der Waals surface area contributed by atoms with Crippen LogP contribution in [0.5, 0.6) is 11.5 Å². The number of anilines is 1. The van der Waals surface area contributed by atoms with Gasteiger partial charge in [-0.05, 0) is 74.2 Å². The van der Waals surface area contributed by atoms with E-state index in [-0.39, 0.29) is 23.6 Å². The first-order valence-electron chi connectivity index (χ1n) is 13.4. The maximum atomic E-state index is 12.5. The molecule has 0 bridgehead atoms. The number of rotatable bonds is 7. The number of nitrogens with zero attached hydrogens (tertiary/aromatic N) is 2. The Morgan fingerprint density at radius 2 is 1.51 bits per heavy atom. The number of hydrogen-bond donors (Lipinski definition) is 2. The summed E-state index contributed by atoms with van der Waals surface area (Å²) in [5.41, 5.74) is 7.40. The molecular weight excluding hydrogens is 554 g/mol. The minimum Gasteiger partial charge on any atom is -0.439 e. The second kappa shape index (κ2) is 11.4. The van der Waals surface area contributed by atoms with Gasteiger partial charge in [-0.15, -0.1) is 26.3 Å². The molecule has 2 aromatic carbocycles. The lowest BCUT2D eigenvalue weighted by Gasteiger charge is -2.43. The van der Waals surface area contributed by atoms with Gasteiger partial charge in [0.1, 0.15) is 17.0 Å². The van der Waals surface area contributed by atoms with Crippen molar-refractivity contribution >= 4 is 5.69 Å². The summed E-state index contributed by atoms with van der Waals surface area (Å²) in [6, 6.07) is 11.1. The maximum absolute atomic E-state index is 12.5. The second-order valence-corrected chi connectivity index (χ2v) is 10.4. The molecule has 222 valence electrons. The van der Waals surface area contributed by atoms with E-state index < -0.39 is 18.3 Å². The van der Waals surface area contributed by atoms with E-state index in [1.165, 1.54) is 42.6 Å². The van der Waals surface area contributed by atoms with E-state index >= 15 is 0 Å². The molecule has 0 radical (unpaired) electrons. The third-order valence-electron chi connectivity index (χ3n) is 7.53. The fraction of sp³-hybridized carbons (Fsp3) is 0.464. The van der Waals surface area contributed by atoms with Gasteiger partial charge in [-0.2, -0.15) is 0 Å². The van der Waals surface area contributed by atoms with Gasteiger partial charge in [0.2, 0.25) is 5.89 Å². The lowest BCUT2D eigenvalue weighted by Crippen LogP contribution is -2.61. The molecule has 1 saturated carbocycles. The summed E-state index contributed by atoms with van der Waals surface area (Å²) < 4.78 is 88.9. The Kier molecular flexibility index (Phi) is 8.11. The van der Waals surface area contributed by atoms with Gasteiger partial charge in [0.05, 0.1) is 6.20 Å². The van der Waals surface area contributed by atoms with Crippen LogP contribution < -0.4 is 25.4 Å². The van der Waals surface area contributed by atoms with Crippen LogP contribution >= 0.6 is 0 Å². The van der Waals surface area contributed by atoms with E-state index in [0.29, 0.717) is 30.2 Å². The monoisotopic (exact) mass is 584 g/mol. The Labute approximate surface area is 232 Å². The number of alkyl halides is 6. The first-order chi connectivity index (χ1) is 19.4. The van der Waals surface area contributed by atoms with E-state index in [1.54, 1.807) is 12.1 Å². The summed E-state index contributed by atoms with van der Waals surface area (Å²) in [6.45, 7) is 1.42. The number of piperidine rings is 1. The average Bonchev–Trinajstić information content (AvgIpc) is 3.41. The maximum Gasteiger partial charge on any atom is 0.573 e. The lowest BCUT2D eigenvalue weighted by atomic mass is 9.77. The van der Waals surface area contributed by atoms with Gasteiger partial charge in [0.15, 0.2) is 5.76 Å². The Morgan fingerprint density at radius 3 is 2.15 bits per heavy atom. The smallest absolute Gasteiger partial charge is 0.439 e. The number of nitrogens with one attached hydrogen (secondary N) is 1. The van der Waals surface area contributed by atoms with Crippen molar-refractivity contribution in [2.24, 2.45) is 5.73 Å². The molecule has 2 aliphatic rings. The van der Waals surface area contributed by atoms with Crippen molar-refractivity contribution in [2.45, 2.75) is 68.9 Å². The first-order valence-corrected chi connectivity index (χ1v) is 13.4. The van der Waals surface area contributed by atoms with Crippen LogP contribution in [0, 0.1) is 0 Å². The highest BCUT2D eigenvalue weighted by atomic mass is 19.4. The van der Waals surface area contributed by atoms with E-state index in [2.05, 4.69) is 24.7 Å². The average molecular weight is 585 g/mol. The zero-order valence-corrected chi connectivity index (χ0v) is 22.0. The quantitative estimate of drug-likeness (QED) is 0.307. The van der Waals surface area contributed by atoms with E-state index in [0.717, 1.165) is 44.3 Å². The lowest BCUT2D eigenvalue weighted by molar-refractivity contribution is -0.275. The Morgan fingerprint density at radius 1 is 0.878 bits per heavy atom. The number of ether oxygens (including phenoxy) is 2. The van der Waals surface area contributed by atoms with Gasteiger partial charge >= 0.3 is 12.7 Å². The van der Waals surface area contributed by atoms with Gasteiger partial charge in [0, 0.05) is 36.4 Å². The molecule has 1 aliphatic carbocycles. The summed E-state index contributed by atoms with van der Waals surface area (Å²) in [5, 5.41) is 3.70. The van der Waals surface area contributed by atoms with Crippen LogP contribution in [-0.4, -0.2) is 42.9 Å². The largest absolute Gasteiger partial charge is 0.573 e. The molecule has 7 nitrogen and oxygen atoms in total. The van der Waals surface area contributed by atoms with Crippen LogP contribution in [0.15, 0.2) is 59.1 Å². The molecule has 0 amide bonds. The van der Waals surface area contributed by atoms with Crippen LogP contribution in [0.4, 0.5) is 32.0 Å². The zero-order valence-electron chi connectivity index (χ0n) is 22.0. The summed E-state index contributed by atoms with van der Waals surface area (Å²) in [5.74, 6) is 0.140. The number of benzene rings is 2. The topological polar surface area (TPSA) is 85.8 Å². The van der Waals surface area contributed by atoms with Gasteiger partial charge in [-0.1, -0.05) is 12.8 Å². The molecule has 1 saturated heterocycles. The van der Waals surface area contributed by atoms with E-state index in [1.807, 2.05) is 0 Å². The van der Waals surface area contributed by atoms with Crippen LogP contribution in [0.3, 0.4) is 0 Å². The summed E-state index contributed by atoms with van der Waals surface area (Å²) in [7, 11) is 0. The van der Waals surface area contributed by atoms with Crippen molar-refractivity contribution in [2.75, 3.05) is 18.0 Å². The summed E-state index contributed by atoms with van der Waals surface area (Å²) in [4.78, 5) is 6.58. The predicted molar refractivity (Wildman–Crippen MR) is 138 cm³/mol. The van der Waals surface area contributed by atoms with Crippen molar-refractivity contribution < 1.29 is 40.2 Å². The fourth-order valence-corrected chi connectivity index (χ4v) is 5.62. The zero-order chi connectivity index (χ0) is 29.3. The normalized spacial score (nSPS) is 23.8. The van der Waals surface area contributed by atoms with Crippen LogP contribution in [0.2, 0.25) is 0 Å². The van der Waals surface area contributed by atoms with Gasteiger partial charge in [-0.25, -0.2) is 4.98 Å². The minimum absolute atomic E-state index is 0.0801. The van der Waals surface area contributed by atoms with Crippen LogP contribution in [0.1, 0.15) is 44.4 Å². The fourth-order valence-electron chi connectivity index (χ4n) is 5.62. The van der Waals surface area contributed by atoms with Gasteiger partial charge in [0.25, 0.3) is 0 Å². The first kappa shape index (κ1) is 29.1. The molecule has 3 aromatic rings. The molecule has 41 heavy (non-hydrogen) atoms. The molecule has 3 N–H and O–H groups in total. The molecule has 13 heteroatoms. The van der Waals surface area contributed by atoms with Crippen LogP contribution in [0.25, 0.3) is 11.3 Å². The third-order valence-corrected chi connectivity index (χ3v) is 7.53. The molecule has 5 rings (SSSR count). The third kappa shape index (κ3) is 7.25. The van der Waals surface area contributed by atoms with E-state index in [9.17, 15) is 26.3 Å². The van der Waals surface area contributed by atoms with Crippen molar-refractivity contribution in [3.05, 3.63) is 60.6 Å². The highest BCUT2D eigenvalue weighted by Crippen LogP contribution is 2.38. The van der Waals surface area contributed by atoms with Crippen molar-refractivity contribution in [1.29, 1.82) is 0 Å².